The molecule has 0 fully saturated rings. The van der Waals surface area contributed by atoms with Crippen LogP contribution < -0.4 is 4.70 Å². The number of quaternary nitrogens is 1. The number of rotatable bonds is 7. The van der Waals surface area contributed by atoms with Gasteiger partial charge in [0.05, 0.1) is 25.7 Å². The molecule has 0 spiro atoms. The van der Waals surface area contributed by atoms with Gasteiger partial charge >= 0.3 is 0 Å². The van der Waals surface area contributed by atoms with Crippen LogP contribution in [0.1, 0.15) is 13.8 Å². The van der Waals surface area contributed by atoms with Crippen LogP contribution in [0, 0.1) is 0 Å². The van der Waals surface area contributed by atoms with Crippen molar-refractivity contribution in [3.63, 3.8) is 0 Å². The van der Waals surface area contributed by atoms with E-state index in [1.807, 2.05) is 18.2 Å². The molecule has 0 aromatic carbocycles. The summed E-state index contributed by atoms with van der Waals surface area (Å²) < 4.78 is 0.983. The van der Waals surface area contributed by atoms with Gasteiger partial charge in [-0.05, 0) is 32.1 Å². The summed E-state index contributed by atoms with van der Waals surface area (Å²) in [4.78, 5) is 0. The molecule has 0 aliphatic carbocycles. The average molecular weight is 199 g/mol. The predicted octanol–water partition coefficient (Wildman–Crippen LogP) is -0.226. The Morgan fingerprint density at radius 3 is 1.36 bits per heavy atom. The van der Waals surface area contributed by atoms with Crippen molar-refractivity contribution < 1.29 is 9.19 Å². The summed E-state index contributed by atoms with van der Waals surface area (Å²) in [5.74, 6) is 0. The van der Waals surface area contributed by atoms with Gasteiger partial charge in [0.1, 0.15) is 0 Å². The van der Waals surface area contributed by atoms with Gasteiger partial charge in [-0.1, -0.05) is 19.7 Å². The second-order valence-corrected chi connectivity index (χ2v) is 3.73. The lowest BCUT2D eigenvalue weighted by molar-refractivity contribution is -0.932. The van der Waals surface area contributed by atoms with E-state index in [1.165, 1.54) is 0 Å². The minimum absolute atomic E-state index is 0. The normalized spacial score (nSPS) is 10.5. The first-order valence-electron chi connectivity index (χ1n) is 4.81. The minimum atomic E-state index is 0. The number of halogens is 1. The molecule has 82 valence electrons. The lowest BCUT2D eigenvalue weighted by Crippen LogP contribution is -3.00. The van der Waals surface area contributed by atoms with E-state index in [4.69, 9.17) is 0 Å². The number of nitrogens with zero attached hydrogens (tertiary/aromatic N) is 1. The minimum Gasteiger partial charge on any atom is -1.00 e. The maximum Gasteiger partial charge on any atom is 0.0977 e. The highest BCUT2D eigenvalue weighted by Crippen LogP contribution is 2.13. The third-order valence-electron chi connectivity index (χ3n) is 2.57. The lowest BCUT2D eigenvalue weighted by Gasteiger charge is -2.40. The van der Waals surface area contributed by atoms with Crippen LogP contribution in [0.25, 0.3) is 0 Å². The van der Waals surface area contributed by atoms with E-state index in [9.17, 15) is 0 Å². The van der Waals surface area contributed by atoms with Gasteiger partial charge in [-0.25, -0.2) is 0 Å². The van der Waals surface area contributed by atoms with Gasteiger partial charge < -0.3 is 9.19 Å². The molecule has 0 aromatic heterocycles. The molecule has 0 N–H and O–H groups in total. The Labute approximate surface area is 87.4 Å². The van der Waals surface area contributed by atoms with E-state index in [0.717, 1.165) is 24.1 Å². The molecule has 0 saturated heterocycles. The molecule has 2 heteroatoms. The second kappa shape index (κ2) is 7.51. The summed E-state index contributed by atoms with van der Waals surface area (Å²) in [6.45, 7) is 18.8. The molecule has 0 rings (SSSR count). The summed E-state index contributed by atoms with van der Waals surface area (Å²) in [5.41, 5.74) is 0. The first-order valence-corrected chi connectivity index (χ1v) is 4.81. The summed E-state index contributed by atoms with van der Waals surface area (Å²) in [7, 11) is 0. The topological polar surface area (TPSA) is 0 Å². The molecule has 14 heavy (non-hydrogen) atoms. The van der Waals surface area contributed by atoms with E-state index < -0.39 is 0 Å². The zero-order valence-corrected chi connectivity index (χ0v) is 9.38. The fourth-order valence-corrected chi connectivity index (χ4v) is 1.63. The van der Waals surface area contributed by atoms with Crippen molar-refractivity contribution in [1.29, 1.82) is 0 Å². The van der Waals surface area contributed by atoms with Crippen molar-refractivity contribution in [2.45, 2.75) is 19.9 Å². The van der Waals surface area contributed by atoms with E-state index in [0.29, 0.717) is 6.04 Å². The quantitative estimate of drug-likeness (QED) is 0.393. The van der Waals surface area contributed by atoms with Gasteiger partial charge in [0.2, 0.25) is 0 Å². The fourth-order valence-electron chi connectivity index (χ4n) is 1.63. The predicted molar refractivity (Wildman–Crippen MR) is 60.6 cm³/mol. The summed E-state index contributed by atoms with van der Waals surface area (Å²) in [5, 5.41) is 0. The fraction of sp³-hybridized carbons (Fsp3) is 0.500. The lowest BCUT2D eigenvalue weighted by atomic mass is 10.2. The molecule has 0 aromatic rings. The monoisotopic (exact) mass is 199 g/mol. The standard InChI is InChI=1S/C12H22N.FH/c1-6-9-13(10-7-2,11-8-3)12(4)5;/h6-8,12H,1-3,9-11H2,4-5H3;1H/q+1;/p-1. The number of hydrogen-bond acceptors (Lipinski definition) is 0. The van der Waals surface area contributed by atoms with Crippen molar-refractivity contribution in [3.05, 3.63) is 38.0 Å². The average Bonchev–Trinajstić information content (AvgIpc) is 2.05. The van der Waals surface area contributed by atoms with Crippen LogP contribution in [0.4, 0.5) is 0 Å². The molecule has 0 bridgehead atoms. The van der Waals surface area contributed by atoms with Crippen molar-refractivity contribution in [2.24, 2.45) is 0 Å². The van der Waals surface area contributed by atoms with Crippen molar-refractivity contribution in [1.82, 2.24) is 0 Å². The molecule has 0 atom stereocenters. The van der Waals surface area contributed by atoms with Gasteiger partial charge in [0, 0.05) is 0 Å². The first kappa shape index (κ1) is 15.6. The van der Waals surface area contributed by atoms with Crippen LogP contribution >= 0.6 is 0 Å². The molecule has 0 saturated carbocycles. The van der Waals surface area contributed by atoms with Crippen LogP contribution in [0.15, 0.2) is 38.0 Å². The molecule has 1 nitrogen and oxygen atoms in total. The summed E-state index contributed by atoms with van der Waals surface area (Å²) >= 11 is 0. The Hall–Kier alpha value is -0.890. The van der Waals surface area contributed by atoms with Gasteiger partial charge in [-0.2, -0.15) is 0 Å². The highest BCUT2D eigenvalue weighted by Gasteiger charge is 2.26. The Bertz CT molecular complexity index is 158. The second-order valence-electron chi connectivity index (χ2n) is 3.73. The van der Waals surface area contributed by atoms with Crippen LogP contribution in [0.5, 0.6) is 0 Å². The molecular formula is C12H22FN. The van der Waals surface area contributed by atoms with Crippen molar-refractivity contribution in [2.75, 3.05) is 19.6 Å². The molecule has 0 aliphatic rings. The largest absolute Gasteiger partial charge is 1.00 e. The maximum absolute atomic E-state index is 3.81. The third kappa shape index (κ3) is 3.88. The Morgan fingerprint density at radius 2 is 1.21 bits per heavy atom. The summed E-state index contributed by atoms with van der Waals surface area (Å²) in [6.07, 6.45) is 5.94. The van der Waals surface area contributed by atoms with E-state index >= 15 is 0 Å². The van der Waals surface area contributed by atoms with E-state index in [2.05, 4.69) is 33.6 Å². The first-order chi connectivity index (χ1) is 6.13. The Kier molecular flexibility index (Phi) is 8.35. The summed E-state index contributed by atoms with van der Waals surface area (Å²) in [6, 6.07) is 0.578. The zero-order valence-electron chi connectivity index (χ0n) is 9.38. The van der Waals surface area contributed by atoms with Gasteiger partial charge in [-0.15, -0.1) is 0 Å². The van der Waals surface area contributed by atoms with E-state index in [1.54, 1.807) is 0 Å². The van der Waals surface area contributed by atoms with Gasteiger partial charge in [0.15, 0.2) is 0 Å². The highest BCUT2D eigenvalue weighted by atomic mass is 19.0. The van der Waals surface area contributed by atoms with Crippen LogP contribution in [-0.4, -0.2) is 30.2 Å². The van der Waals surface area contributed by atoms with Gasteiger partial charge in [0.25, 0.3) is 0 Å². The molecule has 0 radical (unpaired) electrons. The van der Waals surface area contributed by atoms with Crippen LogP contribution in [-0.2, 0) is 0 Å². The van der Waals surface area contributed by atoms with E-state index in [-0.39, 0.29) is 4.70 Å². The maximum atomic E-state index is 3.81. The third-order valence-corrected chi connectivity index (χ3v) is 2.57. The Morgan fingerprint density at radius 1 is 0.929 bits per heavy atom. The molecule has 0 amide bonds. The molecule has 0 aliphatic heterocycles. The smallest absolute Gasteiger partial charge is 0.0977 e. The zero-order chi connectivity index (χ0) is 10.3. The molecular weight excluding hydrogens is 177 g/mol. The SMILES string of the molecule is C=CC[N+](CC=C)(CC=C)C(C)C.[F-]. The number of hydrogen-bond donors (Lipinski definition) is 0. The van der Waals surface area contributed by atoms with Crippen LogP contribution in [0.3, 0.4) is 0 Å². The molecule has 0 heterocycles. The molecule has 0 unspecified atom stereocenters. The van der Waals surface area contributed by atoms with Gasteiger partial charge in [-0.3, -0.25) is 0 Å². The van der Waals surface area contributed by atoms with Crippen molar-refractivity contribution in [3.8, 4) is 0 Å². The van der Waals surface area contributed by atoms with Crippen molar-refractivity contribution >= 4 is 0 Å². The highest BCUT2D eigenvalue weighted by molar-refractivity contribution is 4.77. The van der Waals surface area contributed by atoms with Crippen LogP contribution in [0.2, 0.25) is 0 Å². The Balaban J connectivity index is 0.